The van der Waals surface area contributed by atoms with Crippen molar-refractivity contribution in [2.45, 2.75) is 81.8 Å². The molecule has 7 heteroatoms. The van der Waals surface area contributed by atoms with Crippen molar-refractivity contribution in [2.75, 3.05) is 37.7 Å². The molecule has 4 saturated heterocycles. The number of rotatable bonds is 5. The van der Waals surface area contributed by atoms with E-state index in [1.54, 1.807) is 0 Å². The normalized spacial score (nSPS) is 27.5. The van der Waals surface area contributed by atoms with E-state index < -0.39 is 0 Å². The van der Waals surface area contributed by atoms with Gasteiger partial charge in [0.25, 0.3) is 0 Å². The van der Waals surface area contributed by atoms with Gasteiger partial charge in [0, 0.05) is 29.6 Å². The summed E-state index contributed by atoms with van der Waals surface area (Å²) in [5, 5.41) is 6.94. The maximum atomic E-state index is 6.75. The predicted octanol–water partition coefficient (Wildman–Crippen LogP) is 6.10. The van der Waals surface area contributed by atoms with Crippen LogP contribution < -0.4 is 15.0 Å². The summed E-state index contributed by atoms with van der Waals surface area (Å²) in [6, 6.07) is 13.9. The Morgan fingerprint density at radius 2 is 1.85 bits per heavy atom. The summed E-state index contributed by atoms with van der Waals surface area (Å²) in [6.07, 6.45) is 11.1. The number of halogens is 1. The van der Waals surface area contributed by atoms with Gasteiger partial charge in [-0.1, -0.05) is 42.3 Å². The average molecular weight is 558 g/mol. The largest absolute Gasteiger partial charge is 0.461 e. The van der Waals surface area contributed by atoms with Crippen LogP contribution in [0.15, 0.2) is 36.4 Å². The van der Waals surface area contributed by atoms with Gasteiger partial charge in [-0.3, -0.25) is 4.90 Å². The highest BCUT2D eigenvalue weighted by Crippen LogP contribution is 2.43. The number of fused-ring (bicyclic) bond motifs is 7. The van der Waals surface area contributed by atoms with Crippen molar-refractivity contribution < 1.29 is 4.74 Å². The Hall–Kier alpha value is -2.41. The first kappa shape index (κ1) is 25.3. The quantitative estimate of drug-likeness (QED) is 0.409. The van der Waals surface area contributed by atoms with Crippen LogP contribution in [0.1, 0.15) is 74.2 Å². The number of nitrogens with zero attached hydrogens (tertiary/aromatic N) is 4. The van der Waals surface area contributed by atoms with Crippen LogP contribution in [0.5, 0.6) is 6.01 Å². The second kappa shape index (κ2) is 10.1. The summed E-state index contributed by atoms with van der Waals surface area (Å²) in [5.41, 5.74) is 5.21. The molecule has 40 heavy (non-hydrogen) atoms. The maximum absolute atomic E-state index is 6.75. The lowest BCUT2D eigenvalue weighted by molar-refractivity contribution is 0.106. The first-order chi connectivity index (χ1) is 19.7. The highest BCUT2D eigenvalue weighted by atomic mass is 35.5. The molecular weight excluding hydrogens is 518 g/mol. The third-order valence-electron chi connectivity index (χ3n) is 10.8. The Balaban J connectivity index is 1.16. The molecule has 1 N–H and O–H groups in total. The first-order valence-corrected chi connectivity index (χ1v) is 16.0. The Kier molecular flexibility index (Phi) is 6.42. The molecule has 1 aromatic heterocycles. The minimum atomic E-state index is 0.191. The van der Waals surface area contributed by atoms with Gasteiger partial charge in [0.2, 0.25) is 0 Å². The van der Waals surface area contributed by atoms with Gasteiger partial charge in [-0.25, -0.2) is 0 Å². The molecule has 0 amide bonds. The van der Waals surface area contributed by atoms with Crippen LogP contribution in [-0.2, 0) is 13.0 Å². The van der Waals surface area contributed by atoms with Crippen LogP contribution in [0, 0.1) is 5.92 Å². The molecule has 0 spiro atoms. The van der Waals surface area contributed by atoms with E-state index in [1.807, 2.05) is 12.1 Å². The SMILES string of the molecule is Clc1cccc2cccc(N3CCc4c(nc(OCC56CCCN5CCC6)nc4C4CC5CCCC4CN5)C3)c12. The van der Waals surface area contributed by atoms with Gasteiger partial charge in [0.1, 0.15) is 6.61 Å². The number of piperidine rings is 1. The van der Waals surface area contributed by atoms with E-state index in [4.69, 9.17) is 26.3 Å². The first-order valence-electron chi connectivity index (χ1n) is 15.6. The van der Waals surface area contributed by atoms with Gasteiger partial charge in [-0.2, -0.15) is 9.97 Å². The second-order valence-corrected chi connectivity index (χ2v) is 13.4. The van der Waals surface area contributed by atoms with Crippen LogP contribution >= 0.6 is 11.6 Å². The zero-order chi connectivity index (χ0) is 26.7. The van der Waals surface area contributed by atoms with E-state index >= 15 is 0 Å². The van der Waals surface area contributed by atoms with Crippen molar-refractivity contribution in [1.82, 2.24) is 20.2 Å². The fourth-order valence-electron chi connectivity index (χ4n) is 8.74. The number of benzene rings is 2. The van der Waals surface area contributed by atoms with Gasteiger partial charge in [-0.05, 0) is 100 Å². The number of ether oxygens (including phenoxy) is 1. The highest BCUT2D eigenvalue weighted by molar-refractivity contribution is 6.36. The summed E-state index contributed by atoms with van der Waals surface area (Å²) in [5.74, 6) is 1.15. The summed E-state index contributed by atoms with van der Waals surface area (Å²) in [7, 11) is 0. The number of nitrogens with one attached hydrogen (secondary N) is 1. The van der Waals surface area contributed by atoms with E-state index in [9.17, 15) is 0 Å². The zero-order valence-electron chi connectivity index (χ0n) is 23.4. The molecule has 6 aliphatic rings. The van der Waals surface area contributed by atoms with Crippen LogP contribution in [0.3, 0.4) is 0 Å². The maximum Gasteiger partial charge on any atom is 0.316 e. The van der Waals surface area contributed by atoms with Gasteiger partial charge in [0.05, 0.1) is 28.5 Å². The van der Waals surface area contributed by atoms with Crippen molar-refractivity contribution in [3.05, 3.63) is 58.4 Å². The summed E-state index contributed by atoms with van der Waals surface area (Å²) in [6.45, 7) is 5.96. The van der Waals surface area contributed by atoms with Crippen molar-refractivity contribution in [1.29, 1.82) is 0 Å². The molecule has 1 saturated carbocycles. The van der Waals surface area contributed by atoms with Crippen molar-refractivity contribution >= 4 is 28.1 Å². The lowest BCUT2D eigenvalue weighted by Gasteiger charge is -2.37. The third kappa shape index (κ3) is 4.29. The summed E-state index contributed by atoms with van der Waals surface area (Å²) >= 11 is 6.75. The smallest absolute Gasteiger partial charge is 0.316 e. The van der Waals surface area contributed by atoms with Crippen LogP contribution in [-0.4, -0.2) is 59.2 Å². The Morgan fingerprint density at radius 3 is 2.73 bits per heavy atom. The summed E-state index contributed by atoms with van der Waals surface area (Å²) in [4.78, 5) is 15.6. The number of aromatic nitrogens is 2. The molecule has 2 bridgehead atoms. The van der Waals surface area contributed by atoms with E-state index in [1.165, 1.54) is 86.8 Å². The number of hydrogen-bond donors (Lipinski definition) is 1. The summed E-state index contributed by atoms with van der Waals surface area (Å²) < 4.78 is 6.61. The topological polar surface area (TPSA) is 53.5 Å². The lowest BCUT2D eigenvalue weighted by Crippen LogP contribution is -2.44. The molecule has 5 aliphatic heterocycles. The minimum Gasteiger partial charge on any atom is -0.461 e. The third-order valence-corrected chi connectivity index (χ3v) is 11.1. The standard InChI is InChI=1S/C33H40ClN5O/c34-27-10-2-6-22-7-3-11-29(30(22)27)38-17-12-25-28(20-38)36-32(40-21-33-13-4-15-39(33)16-5-14-33)37-31(25)26-18-24-9-1-8-23(26)19-35-24/h2-3,6-7,10-11,23-24,26,35H,1,4-5,8-9,12-21H2. The molecule has 3 unspecified atom stereocenters. The van der Waals surface area contributed by atoms with Crippen LogP contribution in [0.4, 0.5) is 5.69 Å². The molecule has 6 nitrogen and oxygen atoms in total. The molecule has 5 fully saturated rings. The van der Waals surface area contributed by atoms with Gasteiger partial charge in [-0.15, -0.1) is 0 Å². The molecule has 3 aromatic rings. The molecule has 210 valence electrons. The molecule has 2 aromatic carbocycles. The van der Waals surface area contributed by atoms with Crippen molar-refractivity contribution in [3.8, 4) is 6.01 Å². The minimum absolute atomic E-state index is 0.191. The molecule has 0 radical (unpaired) electrons. The Morgan fingerprint density at radius 1 is 1.00 bits per heavy atom. The van der Waals surface area contributed by atoms with E-state index in [2.05, 4.69) is 39.4 Å². The molecule has 3 atom stereocenters. The lowest BCUT2D eigenvalue weighted by atomic mass is 9.79. The van der Waals surface area contributed by atoms with Gasteiger partial charge < -0.3 is 15.0 Å². The van der Waals surface area contributed by atoms with Gasteiger partial charge >= 0.3 is 6.01 Å². The Bertz CT molecular complexity index is 1410. The van der Waals surface area contributed by atoms with Crippen LogP contribution in [0.25, 0.3) is 10.8 Å². The highest BCUT2D eigenvalue weighted by Gasteiger charge is 2.45. The Labute approximate surface area is 242 Å². The monoisotopic (exact) mass is 557 g/mol. The van der Waals surface area contributed by atoms with Crippen molar-refractivity contribution in [3.63, 3.8) is 0 Å². The van der Waals surface area contributed by atoms with Gasteiger partial charge in [0.15, 0.2) is 0 Å². The average Bonchev–Trinajstić information content (AvgIpc) is 3.40. The molecular formula is C33H40ClN5O. The fourth-order valence-corrected chi connectivity index (χ4v) is 9.02. The zero-order valence-corrected chi connectivity index (χ0v) is 24.1. The fraction of sp³-hybridized carbons (Fsp3) is 0.576. The molecule has 9 rings (SSSR count). The van der Waals surface area contributed by atoms with E-state index in [0.717, 1.165) is 42.2 Å². The predicted molar refractivity (Wildman–Crippen MR) is 161 cm³/mol. The second-order valence-electron chi connectivity index (χ2n) is 12.9. The van der Waals surface area contributed by atoms with E-state index in [-0.39, 0.29) is 5.54 Å². The molecule has 1 aliphatic carbocycles. The van der Waals surface area contributed by atoms with Crippen molar-refractivity contribution in [2.24, 2.45) is 5.92 Å². The molecule has 6 heterocycles. The van der Waals surface area contributed by atoms with E-state index in [0.29, 0.717) is 30.5 Å². The van der Waals surface area contributed by atoms with Crippen LogP contribution in [0.2, 0.25) is 5.02 Å². The number of hydrogen-bond acceptors (Lipinski definition) is 6. The number of anilines is 1.